The number of aryl methyl sites for hydroxylation is 1. The Balaban J connectivity index is 1.32. The van der Waals surface area contributed by atoms with Crippen LogP contribution in [0.3, 0.4) is 0 Å². The number of piperazine rings is 1. The van der Waals surface area contributed by atoms with Gasteiger partial charge in [-0.3, -0.25) is 9.69 Å². The van der Waals surface area contributed by atoms with Gasteiger partial charge in [0.15, 0.2) is 5.69 Å². The molecule has 1 aliphatic heterocycles. The largest absolute Gasteiger partial charge is 0.447 e. The summed E-state index contributed by atoms with van der Waals surface area (Å²) in [6.45, 7) is 5.46. The predicted molar refractivity (Wildman–Crippen MR) is 110 cm³/mol. The monoisotopic (exact) mass is 394 g/mol. The minimum absolute atomic E-state index is 0.196. The zero-order chi connectivity index (χ0) is 20.2. The molecule has 1 aromatic heterocycles. The number of carbonyl (C=O) groups excluding carboxylic acids is 1. The first-order valence-corrected chi connectivity index (χ1v) is 9.63. The molecule has 0 aliphatic carbocycles. The molecule has 1 amide bonds. The van der Waals surface area contributed by atoms with E-state index in [1.165, 1.54) is 12.3 Å². The van der Waals surface area contributed by atoms with Gasteiger partial charge in [-0.25, -0.2) is 9.37 Å². The number of amides is 1. The molecule has 1 N–H and O–H groups in total. The van der Waals surface area contributed by atoms with Gasteiger partial charge in [0, 0.05) is 31.9 Å². The molecular formula is C22H23FN4O2. The molecule has 3 aromatic rings. The fourth-order valence-electron chi connectivity index (χ4n) is 3.45. The molecule has 6 nitrogen and oxygen atoms in total. The lowest BCUT2D eigenvalue weighted by Gasteiger charge is -2.35. The van der Waals surface area contributed by atoms with Crippen molar-refractivity contribution in [2.45, 2.75) is 13.5 Å². The lowest BCUT2D eigenvalue weighted by molar-refractivity contribution is 0.102. The first kappa shape index (κ1) is 19.1. The Morgan fingerprint density at radius 3 is 2.69 bits per heavy atom. The van der Waals surface area contributed by atoms with E-state index in [1.807, 2.05) is 42.2 Å². The summed E-state index contributed by atoms with van der Waals surface area (Å²) >= 11 is 0. The average molecular weight is 394 g/mol. The number of hydrogen-bond acceptors (Lipinski definition) is 5. The molecule has 1 fully saturated rings. The minimum atomic E-state index is -0.296. The predicted octanol–water partition coefficient (Wildman–Crippen LogP) is 3.70. The Hall–Kier alpha value is -3.19. The summed E-state index contributed by atoms with van der Waals surface area (Å²) in [6, 6.07) is 14.4. The molecule has 150 valence electrons. The van der Waals surface area contributed by atoms with Crippen LogP contribution in [0.5, 0.6) is 0 Å². The highest BCUT2D eigenvalue weighted by Crippen LogP contribution is 2.21. The van der Waals surface area contributed by atoms with Gasteiger partial charge in [0.1, 0.15) is 12.1 Å². The van der Waals surface area contributed by atoms with E-state index < -0.39 is 0 Å². The molecule has 0 saturated carbocycles. The molecule has 0 spiro atoms. The molecule has 0 unspecified atom stereocenters. The lowest BCUT2D eigenvalue weighted by atomic mass is 10.2. The third kappa shape index (κ3) is 4.63. The summed E-state index contributed by atoms with van der Waals surface area (Å²) in [5, 5.41) is 2.83. The van der Waals surface area contributed by atoms with Crippen LogP contribution < -0.4 is 10.2 Å². The molecule has 29 heavy (non-hydrogen) atoms. The van der Waals surface area contributed by atoms with Gasteiger partial charge in [-0.05, 0) is 36.8 Å². The van der Waals surface area contributed by atoms with Gasteiger partial charge in [0.25, 0.3) is 5.91 Å². The van der Waals surface area contributed by atoms with E-state index in [4.69, 9.17) is 4.42 Å². The van der Waals surface area contributed by atoms with Crippen LogP contribution in [0.15, 0.2) is 59.2 Å². The third-order valence-electron chi connectivity index (χ3n) is 4.98. The number of anilines is 2. The number of para-hydroxylation sites is 1. The van der Waals surface area contributed by atoms with Gasteiger partial charge in [-0.2, -0.15) is 0 Å². The van der Waals surface area contributed by atoms with Crippen LogP contribution in [0.2, 0.25) is 0 Å². The Morgan fingerprint density at radius 1 is 1.14 bits per heavy atom. The van der Waals surface area contributed by atoms with Gasteiger partial charge < -0.3 is 14.6 Å². The summed E-state index contributed by atoms with van der Waals surface area (Å²) in [5.74, 6) is 0.00613. The molecule has 0 atom stereocenters. The normalized spacial score (nSPS) is 14.8. The number of halogens is 1. The maximum Gasteiger partial charge on any atom is 0.277 e. The number of carbonyl (C=O) groups is 1. The van der Waals surface area contributed by atoms with Crippen molar-refractivity contribution in [3.63, 3.8) is 0 Å². The maximum atomic E-state index is 14.0. The highest BCUT2D eigenvalue weighted by atomic mass is 19.1. The first-order valence-electron chi connectivity index (χ1n) is 9.63. The fourth-order valence-corrected chi connectivity index (χ4v) is 3.45. The summed E-state index contributed by atoms with van der Waals surface area (Å²) in [7, 11) is 0. The summed E-state index contributed by atoms with van der Waals surface area (Å²) in [5.41, 5.74) is 2.69. The van der Waals surface area contributed by atoms with Crippen LogP contribution in [0.1, 0.15) is 21.9 Å². The van der Waals surface area contributed by atoms with Crippen molar-refractivity contribution in [1.29, 1.82) is 0 Å². The smallest absolute Gasteiger partial charge is 0.277 e. The Bertz CT molecular complexity index is 996. The number of nitrogens with one attached hydrogen (secondary N) is 1. The maximum absolute atomic E-state index is 14.0. The molecule has 4 rings (SSSR count). The number of nitrogens with zero attached hydrogens (tertiary/aromatic N) is 3. The van der Waals surface area contributed by atoms with Crippen LogP contribution in [-0.4, -0.2) is 42.0 Å². The van der Waals surface area contributed by atoms with Crippen molar-refractivity contribution in [3.05, 3.63) is 77.8 Å². The second-order valence-electron chi connectivity index (χ2n) is 7.16. The second kappa shape index (κ2) is 8.45. The van der Waals surface area contributed by atoms with Gasteiger partial charge in [0.05, 0.1) is 12.2 Å². The van der Waals surface area contributed by atoms with Crippen LogP contribution in [0, 0.1) is 12.7 Å². The van der Waals surface area contributed by atoms with Crippen molar-refractivity contribution in [1.82, 2.24) is 9.88 Å². The van der Waals surface area contributed by atoms with E-state index in [0.717, 1.165) is 37.4 Å². The van der Waals surface area contributed by atoms with E-state index >= 15 is 0 Å². The molecular weight excluding hydrogens is 371 g/mol. The van der Waals surface area contributed by atoms with E-state index in [2.05, 4.69) is 15.2 Å². The molecule has 1 saturated heterocycles. The van der Waals surface area contributed by atoms with E-state index in [1.54, 1.807) is 12.1 Å². The fraction of sp³-hybridized carbons (Fsp3) is 0.273. The highest BCUT2D eigenvalue weighted by molar-refractivity contribution is 6.02. The minimum Gasteiger partial charge on any atom is -0.447 e. The summed E-state index contributed by atoms with van der Waals surface area (Å²) < 4.78 is 19.5. The van der Waals surface area contributed by atoms with Crippen molar-refractivity contribution in [3.8, 4) is 0 Å². The summed E-state index contributed by atoms with van der Waals surface area (Å²) in [4.78, 5) is 20.9. The van der Waals surface area contributed by atoms with Crippen molar-refractivity contribution in [2.75, 3.05) is 36.4 Å². The molecule has 2 heterocycles. The number of aromatic nitrogens is 1. The topological polar surface area (TPSA) is 61.6 Å². The van der Waals surface area contributed by atoms with Crippen LogP contribution >= 0.6 is 0 Å². The van der Waals surface area contributed by atoms with Gasteiger partial charge in [0.2, 0.25) is 5.89 Å². The Kier molecular flexibility index (Phi) is 5.57. The van der Waals surface area contributed by atoms with Crippen LogP contribution in [-0.2, 0) is 6.54 Å². The van der Waals surface area contributed by atoms with Gasteiger partial charge in [-0.15, -0.1) is 0 Å². The molecule has 2 aromatic carbocycles. The van der Waals surface area contributed by atoms with E-state index in [9.17, 15) is 9.18 Å². The molecule has 1 aliphatic rings. The zero-order valence-electron chi connectivity index (χ0n) is 16.3. The summed E-state index contributed by atoms with van der Waals surface area (Å²) in [6.07, 6.45) is 1.38. The van der Waals surface area contributed by atoms with Gasteiger partial charge in [-0.1, -0.05) is 24.3 Å². The zero-order valence-corrected chi connectivity index (χ0v) is 16.3. The molecule has 7 heteroatoms. The standard InChI is InChI=1S/C22H23FN4O2/c1-16-5-4-6-17(13-16)24-22(28)19-15-29-21(25-19)14-26-9-11-27(12-10-26)20-8-3-2-7-18(20)23/h2-8,13,15H,9-12,14H2,1H3,(H,24,28). The lowest BCUT2D eigenvalue weighted by Crippen LogP contribution is -2.46. The average Bonchev–Trinajstić information content (AvgIpc) is 3.18. The van der Waals surface area contributed by atoms with E-state index in [0.29, 0.717) is 18.1 Å². The van der Waals surface area contributed by atoms with Gasteiger partial charge >= 0.3 is 0 Å². The molecule has 0 bridgehead atoms. The van der Waals surface area contributed by atoms with Crippen LogP contribution in [0.25, 0.3) is 0 Å². The second-order valence-corrected chi connectivity index (χ2v) is 7.16. The quantitative estimate of drug-likeness (QED) is 0.715. The Morgan fingerprint density at radius 2 is 1.93 bits per heavy atom. The number of hydrogen-bond donors (Lipinski definition) is 1. The number of benzene rings is 2. The number of rotatable bonds is 5. The number of oxazole rings is 1. The third-order valence-corrected chi connectivity index (χ3v) is 4.98. The van der Waals surface area contributed by atoms with Crippen molar-refractivity contribution in [2.24, 2.45) is 0 Å². The SMILES string of the molecule is Cc1cccc(NC(=O)c2coc(CN3CCN(c4ccccc4F)CC3)n2)c1. The highest BCUT2D eigenvalue weighted by Gasteiger charge is 2.21. The Labute approximate surface area is 169 Å². The van der Waals surface area contributed by atoms with Crippen molar-refractivity contribution < 1.29 is 13.6 Å². The van der Waals surface area contributed by atoms with E-state index in [-0.39, 0.29) is 17.4 Å². The molecule has 0 radical (unpaired) electrons. The van der Waals surface area contributed by atoms with Crippen molar-refractivity contribution >= 4 is 17.3 Å². The first-order chi connectivity index (χ1) is 14.1. The van der Waals surface area contributed by atoms with Crippen LogP contribution in [0.4, 0.5) is 15.8 Å².